The van der Waals surface area contributed by atoms with Crippen molar-refractivity contribution >= 4 is 41.0 Å². The van der Waals surface area contributed by atoms with Gasteiger partial charge in [-0.1, -0.05) is 30.3 Å². The SMILES string of the molecule is Cc1cccc2c(S(=O)(=O)N(C)CCc3ccc(OC(F)(F)C(F)(F)I4OC(C)(C)c5ccccc54)cc3)cccc12. The maximum Gasteiger partial charge on any atom is -0.0141 e. The Morgan fingerprint density at radius 2 is 1.52 bits per heavy atom. The molecule has 224 valence electrons. The van der Waals surface area contributed by atoms with E-state index >= 15 is 8.78 Å². The van der Waals surface area contributed by atoms with E-state index in [2.05, 4.69) is 4.74 Å². The topological polar surface area (TPSA) is 55.8 Å². The molecular formula is C31H30F4INO4S. The van der Waals surface area contributed by atoms with Gasteiger partial charge in [0.2, 0.25) is 0 Å². The zero-order valence-corrected chi connectivity index (χ0v) is 26.3. The summed E-state index contributed by atoms with van der Waals surface area (Å²) in [5.41, 5.74) is 0.969. The van der Waals surface area contributed by atoms with Crippen molar-refractivity contribution in [1.29, 1.82) is 0 Å². The first-order valence-electron chi connectivity index (χ1n) is 13.1. The molecule has 5 nitrogen and oxygen atoms in total. The predicted molar refractivity (Wildman–Crippen MR) is 162 cm³/mol. The van der Waals surface area contributed by atoms with Gasteiger partial charge in [-0.05, 0) is 23.9 Å². The van der Waals surface area contributed by atoms with Crippen LogP contribution >= 0.6 is 20.2 Å². The molecular weight excluding hydrogens is 685 g/mol. The first-order chi connectivity index (χ1) is 19.6. The van der Waals surface area contributed by atoms with Crippen molar-refractivity contribution < 1.29 is 33.8 Å². The van der Waals surface area contributed by atoms with Crippen LogP contribution in [-0.4, -0.2) is 36.4 Å². The standard InChI is InChI=1S/C31H30F4INO4S/c1-21-9-7-11-25-24(21)10-8-14-28(25)42(38,39)37(4)20-19-22-15-17-23(18-16-22)40-31(34,35)30(32,33)36-27-13-6-5-12-26(27)29(2,3)41-36/h5-18H,19-20H2,1-4H3. The van der Waals surface area contributed by atoms with E-state index in [9.17, 15) is 17.2 Å². The van der Waals surface area contributed by atoms with Crippen LogP contribution < -0.4 is 4.74 Å². The van der Waals surface area contributed by atoms with E-state index in [0.717, 1.165) is 10.9 Å². The average molecular weight is 716 g/mol. The maximum absolute atomic E-state index is 15.3. The van der Waals surface area contributed by atoms with Crippen LogP contribution in [-0.2, 0) is 25.1 Å². The minimum absolute atomic E-state index is 0.111. The molecule has 1 aliphatic heterocycles. The molecule has 5 rings (SSSR count). The van der Waals surface area contributed by atoms with Crippen molar-refractivity contribution in [2.75, 3.05) is 13.6 Å². The number of nitrogens with zero attached hydrogens (tertiary/aromatic N) is 1. The van der Waals surface area contributed by atoms with Gasteiger partial charge in [-0.15, -0.1) is 0 Å². The Labute approximate surface area is 250 Å². The normalized spacial score (nSPS) is 16.2. The predicted octanol–water partition coefficient (Wildman–Crippen LogP) is 8.13. The largest absolute Gasteiger partial charge is 0.0603 e. The van der Waals surface area contributed by atoms with Crippen LogP contribution in [0, 0.1) is 10.5 Å². The van der Waals surface area contributed by atoms with Gasteiger partial charge in [-0.2, -0.15) is 0 Å². The first kappa shape index (κ1) is 30.7. The number of benzene rings is 4. The average Bonchev–Trinajstić information content (AvgIpc) is 3.23. The maximum atomic E-state index is 15.3. The number of hydrogen-bond acceptors (Lipinski definition) is 4. The molecule has 0 radical (unpaired) electrons. The van der Waals surface area contributed by atoms with Gasteiger partial charge in [0.1, 0.15) is 0 Å². The van der Waals surface area contributed by atoms with E-state index in [0.29, 0.717) is 16.5 Å². The fourth-order valence-electron chi connectivity index (χ4n) is 4.82. The van der Waals surface area contributed by atoms with Gasteiger partial charge in [0.25, 0.3) is 0 Å². The molecule has 0 amide bonds. The van der Waals surface area contributed by atoms with Gasteiger partial charge in [0.15, 0.2) is 0 Å². The third-order valence-electron chi connectivity index (χ3n) is 7.20. The summed E-state index contributed by atoms with van der Waals surface area (Å²) in [5, 5.41) is 1.47. The van der Waals surface area contributed by atoms with Crippen LogP contribution in [0.25, 0.3) is 10.8 Å². The van der Waals surface area contributed by atoms with Crippen LogP contribution in [0.15, 0.2) is 89.8 Å². The number of rotatable bonds is 9. The molecule has 4 aromatic carbocycles. The van der Waals surface area contributed by atoms with Crippen LogP contribution in [0.4, 0.5) is 17.6 Å². The smallest absolute Gasteiger partial charge is 0.0141 e. The molecule has 0 atom stereocenters. The second kappa shape index (κ2) is 11.1. The van der Waals surface area contributed by atoms with Crippen molar-refractivity contribution in [3.05, 3.63) is 105 Å². The van der Waals surface area contributed by atoms with E-state index < -0.39 is 51.6 Å². The molecule has 11 heteroatoms. The fourth-order valence-corrected chi connectivity index (χ4v) is 11.3. The van der Waals surface area contributed by atoms with E-state index in [1.165, 1.54) is 47.8 Å². The Kier molecular flexibility index (Phi) is 8.10. The molecule has 0 aromatic heterocycles. The van der Waals surface area contributed by atoms with Crippen LogP contribution in [0.3, 0.4) is 0 Å². The molecule has 0 bridgehead atoms. The Balaban J connectivity index is 1.27. The van der Waals surface area contributed by atoms with E-state index in [-0.39, 0.29) is 21.4 Å². The van der Waals surface area contributed by atoms with Gasteiger partial charge < -0.3 is 0 Å². The third-order valence-corrected chi connectivity index (χ3v) is 14.5. The quantitative estimate of drug-likeness (QED) is 0.0999. The van der Waals surface area contributed by atoms with Gasteiger partial charge in [0, 0.05) is 5.39 Å². The summed E-state index contributed by atoms with van der Waals surface area (Å²) in [6.45, 7) is 5.20. The molecule has 0 spiro atoms. The Morgan fingerprint density at radius 3 is 2.24 bits per heavy atom. The number of sulfonamides is 1. The molecule has 0 fully saturated rings. The second-order valence-electron chi connectivity index (χ2n) is 10.6. The van der Waals surface area contributed by atoms with Gasteiger partial charge >= 0.3 is 192 Å². The number of halogens is 5. The minimum atomic E-state index is -4.81. The van der Waals surface area contributed by atoms with Crippen LogP contribution in [0.5, 0.6) is 5.75 Å². The van der Waals surface area contributed by atoms with Crippen LogP contribution in [0.1, 0.15) is 30.5 Å². The molecule has 0 aliphatic carbocycles. The molecule has 1 heterocycles. The Hall–Kier alpha value is -2.74. The van der Waals surface area contributed by atoms with Crippen molar-refractivity contribution in [3.8, 4) is 5.75 Å². The fraction of sp³-hybridized carbons (Fsp3) is 0.290. The summed E-state index contributed by atoms with van der Waals surface area (Å²) in [6.07, 6.45) is -4.54. The Morgan fingerprint density at radius 1 is 0.881 bits per heavy atom. The monoisotopic (exact) mass is 715 g/mol. The van der Waals surface area contributed by atoms with Crippen molar-refractivity contribution in [2.24, 2.45) is 0 Å². The number of alkyl halides is 5. The number of fused-ring (bicyclic) bond motifs is 2. The number of aryl methyl sites for hydroxylation is 1. The molecule has 0 unspecified atom stereocenters. The molecule has 42 heavy (non-hydrogen) atoms. The third kappa shape index (κ3) is 5.51. The molecule has 0 N–H and O–H groups in total. The number of ether oxygens (including phenoxy) is 1. The van der Waals surface area contributed by atoms with Gasteiger partial charge in [0.05, 0.1) is 0 Å². The minimum Gasteiger partial charge on any atom is -0.0603 e. The molecule has 0 saturated heterocycles. The van der Waals surface area contributed by atoms with E-state index in [4.69, 9.17) is 3.07 Å². The van der Waals surface area contributed by atoms with Crippen molar-refractivity contribution in [3.63, 3.8) is 0 Å². The molecule has 0 saturated carbocycles. The summed E-state index contributed by atoms with van der Waals surface area (Å²) in [6, 6.07) is 22.1. The Bertz CT molecular complexity index is 1730. The van der Waals surface area contributed by atoms with E-state index in [1.54, 1.807) is 44.2 Å². The molecule has 1 aliphatic rings. The summed E-state index contributed by atoms with van der Waals surface area (Å²) in [5.74, 6) is -0.432. The second-order valence-corrected chi connectivity index (χ2v) is 17.0. The van der Waals surface area contributed by atoms with Crippen molar-refractivity contribution in [1.82, 2.24) is 4.31 Å². The summed E-state index contributed by atoms with van der Waals surface area (Å²) < 4.78 is 94.2. The number of hydrogen-bond donors (Lipinski definition) is 0. The zero-order chi connectivity index (χ0) is 30.5. The molecule has 4 aromatic rings. The van der Waals surface area contributed by atoms with Crippen molar-refractivity contribution in [2.45, 2.75) is 47.7 Å². The summed E-state index contributed by atoms with van der Waals surface area (Å²) in [7, 11) is -2.35. The number of likely N-dealkylation sites (N-methyl/N-ethyl adjacent to an activating group) is 1. The van der Waals surface area contributed by atoms with Crippen LogP contribution in [0.2, 0.25) is 0 Å². The summed E-state index contributed by atoms with van der Waals surface area (Å²) >= 11 is -4.17. The van der Waals surface area contributed by atoms with Gasteiger partial charge in [-0.25, -0.2) is 0 Å². The zero-order valence-electron chi connectivity index (χ0n) is 23.4. The first-order valence-corrected chi connectivity index (χ1v) is 17.6. The summed E-state index contributed by atoms with van der Waals surface area (Å²) in [4.78, 5) is 0.194. The van der Waals surface area contributed by atoms with Gasteiger partial charge in [-0.3, -0.25) is 0 Å². The van der Waals surface area contributed by atoms with E-state index in [1.807, 2.05) is 25.1 Å².